The van der Waals surface area contributed by atoms with Gasteiger partial charge in [-0.1, -0.05) is 439 Å². The zero-order valence-corrected chi connectivity index (χ0v) is 73.5. The minimum Gasteiger partial charge on any atom is -0.462 e. The summed E-state index contributed by atoms with van der Waals surface area (Å²) >= 11 is 0. The Hall–Kier alpha value is -1.94. The molecule has 109 heavy (non-hydrogen) atoms. The summed E-state index contributed by atoms with van der Waals surface area (Å²) in [5.74, 6) is -1.22. The van der Waals surface area contributed by atoms with Crippen molar-refractivity contribution >= 4 is 39.5 Å². The Morgan fingerprint density at radius 3 is 0.651 bits per heavy atom. The second kappa shape index (κ2) is 82.6. The largest absolute Gasteiger partial charge is 0.472 e. The van der Waals surface area contributed by atoms with Crippen LogP contribution >= 0.6 is 15.6 Å². The maximum absolute atomic E-state index is 13.2. The van der Waals surface area contributed by atoms with Gasteiger partial charge in [-0.2, -0.15) is 0 Å². The van der Waals surface area contributed by atoms with Gasteiger partial charge in [-0.3, -0.25) is 37.3 Å². The molecule has 6 atom stereocenters. The average molecular weight is 1590 g/mol. The summed E-state index contributed by atoms with van der Waals surface area (Å²) in [5.41, 5.74) is 0. The molecular formula is C90H176O17P2. The van der Waals surface area contributed by atoms with Crippen LogP contribution in [0.25, 0.3) is 0 Å². The number of carbonyl (C=O) groups is 4. The molecule has 0 radical (unpaired) electrons. The predicted molar refractivity (Wildman–Crippen MR) is 451 cm³/mol. The van der Waals surface area contributed by atoms with Crippen LogP contribution in [0.3, 0.4) is 0 Å². The maximum atomic E-state index is 13.2. The molecule has 648 valence electrons. The summed E-state index contributed by atoms with van der Waals surface area (Å²) in [6.45, 7) is 7.46. The van der Waals surface area contributed by atoms with E-state index in [9.17, 15) is 43.2 Å². The minimum atomic E-state index is -4.97. The van der Waals surface area contributed by atoms with Crippen LogP contribution in [0.15, 0.2) is 0 Å². The molecule has 0 saturated heterocycles. The van der Waals surface area contributed by atoms with Gasteiger partial charge in [0.25, 0.3) is 0 Å². The fraction of sp³-hybridized carbons (Fsp3) is 0.956. The summed E-state index contributed by atoms with van der Waals surface area (Å²) in [5, 5.41) is 10.7. The first kappa shape index (κ1) is 107. The molecule has 0 amide bonds. The number of hydrogen-bond donors (Lipinski definition) is 3. The minimum absolute atomic E-state index is 0.109. The van der Waals surface area contributed by atoms with Crippen molar-refractivity contribution in [2.24, 2.45) is 5.92 Å². The van der Waals surface area contributed by atoms with Crippen LogP contribution < -0.4 is 0 Å². The molecule has 0 heterocycles. The molecular weight excluding hydrogens is 1410 g/mol. The van der Waals surface area contributed by atoms with E-state index in [1.807, 2.05) is 0 Å². The quantitative estimate of drug-likeness (QED) is 0.0222. The first-order chi connectivity index (χ1) is 53.1. The lowest BCUT2D eigenvalue weighted by Crippen LogP contribution is -2.30. The van der Waals surface area contributed by atoms with Crippen LogP contribution in [0.2, 0.25) is 0 Å². The number of aliphatic hydroxyl groups is 1. The molecule has 0 aromatic rings. The first-order valence-electron chi connectivity index (χ1n) is 46.7. The molecule has 0 bridgehead atoms. The molecule has 0 aromatic heterocycles. The molecule has 0 saturated carbocycles. The summed E-state index contributed by atoms with van der Waals surface area (Å²) < 4.78 is 69.1. The molecule has 0 fully saturated rings. The van der Waals surface area contributed by atoms with E-state index in [2.05, 4.69) is 34.6 Å². The van der Waals surface area contributed by atoms with Crippen molar-refractivity contribution in [1.82, 2.24) is 0 Å². The highest BCUT2D eigenvalue weighted by molar-refractivity contribution is 7.47. The Labute approximate surface area is 670 Å². The van der Waals surface area contributed by atoms with Crippen LogP contribution in [-0.4, -0.2) is 96.7 Å². The van der Waals surface area contributed by atoms with Gasteiger partial charge in [0.15, 0.2) is 12.2 Å². The molecule has 3 unspecified atom stereocenters. The van der Waals surface area contributed by atoms with Gasteiger partial charge in [0, 0.05) is 25.7 Å². The second-order valence-corrected chi connectivity index (χ2v) is 35.5. The summed E-state index contributed by atoms with van der Waals surface area (Å²) in [6, 6.07) is 0. The van der Waals surface area contributed by atoms with Gasteiger partial charge in [0.1, 0.15) is 19.3 Å². The molecule has 0 aliphatic carbocycles. The van der Waals surface area contributed by atoms with Crippen LogP contribution in [0.4, 0.5) is 0 Å². The third-order valence-corrected chi connectivity index (χ3v) is 23.5. The number of hydrogen-bond acceptors (Lipinski definition) is 15. The zero-order chi connectivity index (χ0) is 79.7. The van der Waals surface area contributed by atoms with Gasteiger partial charge in [-0.15, -0.1) is 0 Å². The van der Waals surface area contributed by atoms with Gasteiger partial charge >= 0.3 is 39.5 Å². The van der Waals surface area contributed by atoms with Gasteiger partial charge in [0.05, 0.1) is 26.4 Å². The smallest absolute Gasteiger partial charge is 0.462 e. The highest BCUT2D eigenvalue weighted by atomic mass is 31.2. The van der Waals surface area contributed by atoms with Crippen molar-refractivity contribution in [2.45, 2.75) is 509 Å². The van der Waals surface area contributed by atoms with E-state index < -0.39 is 97.5 Å². The van der Waals surface area contributed by atoms with E-state index in [-0.39, 0.29) is 25.7 Å². The summed E-state index contributed by atoms with van der Waals surface area (Å²) in [6.07, 6.45) is 77.7. The predicted octanol–water partition coefficient (Wildman–Crippen LogP) is 27.9. The fourth-order valence-corrected chi connectivity index (χ4v) is 15.7. The van der Waals surface area contributed by atoms with E-state index in [4.69, 9.17) is 37.0 Å². The third-order valence-electron chi connectivity index (χ3n) is 21.6. The normalized spacial score (nSPS) is 13.9. The Morgan fingerprint density at radius 2 is 0.440 bits per heavy atom. The van der Waals surface area contributed by atoms with Crippen molar-refractivity contribution < 1.29 is 80.2 Å². The topological polar surface area (TPSA) is 237 Å². The van der Waals surface area contributed by atoms with Crippen LogP contribution in [0, 0.1) is 5.92 Å². The lowest BCUT2D eigenvalue weighted by atomic mass is 9.99. The molecule has 19 heteroatoms. The number of unbranched alkanes of at least 4 members (excludes halogenated alkanes) is 61. The lowest BCUT2D eigenvalue weighted by Gasteiger charge is -2.21. The molecule has 0 aromatic carbocycles. The van der Waals surface area contributed by atoms with Crippen molar-refractivity contribution in [3.8, 4) is 0 Å². The van der Waals surface area contributed by atoms with Crippen molar-refractivity contribution in [3.63, 3.8) is 0 Å². The van der Waals surface area contributed by atoms with Crippen molar-refractivity contribution in [1.29, 1.82) is 0 Å². The monoisotopic (exact) mass is 1590 g/mol. The number of rotatable bonds is 90. The molecule has 0 rings (SSSR count). The van der Waals surface area contributed by atoms with Gasteiger partial charge in [-0.05, 0) is 31.6 Å². The highest BCUT2D eigenvalue weighted by Gasteiger charge is 2.31. The maximum Gasteiger partial charge on any atom is 0.472 e. The van der Waals surface area contributed by atoms with Gasteiger partial charge < -0.3 is 33.8 Å². The summed E-state index contributed by atoms with van der Waals surface area (Å²) in [7, 11) is -9.93. The SMILES string of the molecule is CCCCCCCCCCCCCCCCCCCCC(=O)OC[C@H](COP(=O)(O)OC[C@@H](O)COP(=O)(O)OC[C@@H](COC(=O)CCCCCCCCCCCCCC)OC(=O)CCCCCCCCCCCCCCCCCCC)OC(=O)CCCCCCCCCCCCCCCCCCCCC(C)CC. The molecule has 0 spiro atoms. The summed E-state index contributed by atoms with van der Waals surface area (Å²) in [4.78, 5) is 73.4. The number of aliphatic hydroxyl groups excluding tert-OH is 1. The first-order valence-corrected chi connectivity index (χ1v) is 49.7. The van der Waals surface area contributed by atoms with E-state index >= 15 is 0 Å². The van der Waals surface area contributed by atoms with Crippen LogP contribution in [-0.2, 0) is 65.4 Å². The van der Waals surface area contributed by atoms with E-state index in [1.165, 1.54) is 315 Å². The van der Waals surface area contributed by atoms with Crippen molar-refractivity contribution in [2.75, 3.05) is 39.6 Å². The number of esters is 4. The zero-order valence-electron chi connectivity index (χ0n) is 71.7. The molecule has 3 N–H and O–H groups in total. The number of ether oxygens (including phenoxy) is 4. The van der Waals surface area contributed by atoms with E-state index in [1.54, 1.807) is 0 Å². The Kier molecular flexibility index (Phi) is 81.1. The number of phosphoric ester groups is 2. The lowest BCUT2D eigenvalue weighted by molar-refractivity contribution is -0.161. The number of carbonyl (C=O) groups excluding carboxylic acids is 4. The number of phosphoric acid groups is 2. The fourth-order valence-electron chi connectivity index (χ4n) is 14.1. The third kappa shape index (κ3) is 82.4. The molecule has 0 aliphatic rings. The van der Waals surface area contributed by atoms with Crippen molar-refractivity contribution in [3.05, 3.63) is 0 Å². The Bertz CT molecular complexity index is 2070. The van der Waals surface area contributed by atoms with Gasteiger partial charge in [-0.25, -0.2) is 9.13 Å². The van der Waals surface area contributed by atoms with Crippen LogP contribution in [0.1, 0.15) is 490 Å². The van der Waals surface area contributed by atoms with E-state index in [0.29, 0.717) is 25.7 Å². The standard InChI is InChI=1S/C90H176O17P2/c1-6-10-13-16-19-22-25-28-30-32-37-40-44-49-54-59-64-69-74-88(93)101-80-86(107-90(95)76-71-66-61-56-51-46-42-38-34-33-36-39-43-47-52-57-62-67-72-83(5)9-4)82-105-109(98,99)103-78-84(91)77-102-108(96,97)104-81-85(79-100-87(92)73-68-63-58-53-48-27-24-21-18-15-12-8-3)106-89(94)75-70-65-60-55-50-45-41-35-31-29-26-23-20-17-14-11-7-2/h83-86,91H,6-82H2,1-5H3,(H,96,97)(H,98,99)/t83?,84-,85+,86+/m0/s1. The van der Waals surface area contributed by atoms with E-state index in [0.717, 1.165) is 95.8 Å². The molecule has 0 aliphatic heterocycles. The van der Waals surface area contributed by atoms with Gasteiger partial charge in [0.2, 0.25) is 0 Å². The van der Waals surface area contributed by atoms with Crippen LogP contribution in [0.5, 0.6) is 0 Å². The molecule has 17 nitrogen and oxygen atoms in total. The highest BCUT2D eigenvalue weighted by Crippen LogP contribution is 2.45. The second-order valence-electron chi connectivity index (χ2n) is 32.6. The Morgan fingerprint density at radius 1 is 0.257 bits per heavy atom. The average Bonchev–Trinajstić information content (AvgIpc) is 0.899. The Balaban J connectivity index is 5.24.